The van der Waals surface area contributed by atoms with Gasteiger partial charge in [-0.3, -0.25) is 9.00 Å². The van der Waals surface area contributed by atoms with Gasteiger partial charge < -0.3 is 20.2 Å². The van der Waals surface area contributed by atoms with Gasteiger partial charge in [0.15, 0.2) is 11.5 Å². The van der Waals surface area contributed by atoms with Crippen LogP contribution in [0.1, 0.15) is 25.1 Å². The van der Waals surface area contributed by atoms with Gasteiger partial charge >= 0.3 is 0 Å². The molecule has 2 heterocycles. The zero-order valence-corrected chi connectivity index (χ0v) is 16.1. The number of benzene rings is 1. The van der Waals surface area contributed by atoms with Crippen LogP contribution in [0.25, 0.3) is 11.2 Å². The lowest BCUT2D eigenvalue weighted by molar-refractivity contribution is -0.117. The Morgan fingerprint density at radius 1 is 1.28 bits per heavy atom. The highest BCUT2D eigenvalue weighted by atomic mass is 35.5. The molecule has 1 saturated carbocycles. The number of carbonyl (C=O) groups is 1. The number of pyridine rings is 1. The van der Waals surface area contributed by atoms with Crippen LogP contribution in [0.3, 0.4) is 0 Å². The van der Waals surface area contributed by atoms with Crippen LogP contribution < -0.4 is 10.6 Å². The predicted octanol–water partition coefficient (Wildman–Crippen LogP) is 3.88. The third kappa shape index (κ3) is 4.21. The van der Waals surface area contributed by atoms with E-state index in [1.54, 1.807) is 0 Å². The average molecular weight is 441 g/mol. The number of hydrogen-bond donors (Lipinski definition) is 3. The van der Waals surface area contributed by atoms with Gasteiger partial charge in [-0.15, -0.1) is 0 Å². The number of carbonyl (C=O) groups excluding carboxylic acids is 1. The van der Waals surface area contributed by atoms with E-state index in [0.717, 1.165) is 12.8 Å². The fraction of sp³-hybridized carbons (Fsp3) is 0.235. The number of aromatic nitrogens is 3. The molecule has 1 aliphatic rings. The monoisotopic (exact) mass is 440 g/mol. The second-order valence-corrected chi connectivity index (χ2v) is 7.79. The van der Waals surface area contributed by atoms with Crippen molar-refractivity contribution in [2.45, 2.75) is 24.2 Å². The summed E-state index contributed by atoms with van der Waals surface area (Å²) in [4.78, 5) is 22.3. The summed E-state index contributed by atoms with van der Waals surface area (Å²) in [5.41, 5.74) is 0.481. The molecule has 0 saturated heterocycles. The van der Waals surface area contributed by atoms with Gasteiger partial charge in [-0.25, -0.2) is 18.7 Å². The Morgan fingerprint density at radius 2 is 2.03 bits per heavy atom. The van der Waals surface area contributed by atoms with Gasteiger partial charge in [-0.2, -0.15) is 0 Å². The summed E-state index contributed by atoms with van der Waals surface area (Å²) in [6.45, 7) is 0. The Bertz CT molecular complexity index is 1140. The van der Waals surface area contributed by atoms with Crippen molar-refractivity contribution in [1.82, 2.24) is 15.0 Å². The van der Waals surface area contributed by atoms with Crippen LogP contribution >= 0.6 is 11.6 Å². The number of H-pyrrole nitrogens is 1. The van der Waals surface area contributed by atoms with Gasteiger partial charge in [-0.05, 0) is 42.1 Å². The van der Waals surface area contributed by atoms with E-state index in [4.69, 9.17) is 11.6 Å². The van der Waals surface area contributed by atoms with Crippen LogP contribution in [0.2, 0.25) is 5.02 Å². The largest absolute Gasteiger partial charge is 0.768 e. The molecule has 1 atom stereocenters. The van der Waals surface area contributed by atoms with Gasteiger partial charge in [-0.1, -0.05) is 11.6 Å². The number of hydrogen-bond acceptors (Lipinski definition) is 6. The molecule has 1 unspecified atom stereocenters. The Hall–Kier alpha value is -2.63. The van der Waals surface area contributed by atoms with E-state index in [9.17, 15) is 22.3 Å². The smallest absolute Gasteiger partial charge is 0.295 e. The van der Waals surface area contributed by atoms with Crippen LogP contribution in [0, 0.1) is 5.92 Å². The van der Waals surface area contributed by atoms with Crippen molar-refractivity contribution in [3.8, 4) is 0 Å². The lowest BCUT2D eigenvalue weighted by Gasteiger charge is -2.15. The maximum atomic E-state index is 13.1. The van der Waals surface area contributed by atoms with E-state index in [2.05, 4.69) is 25.6 Å². The van der Waals surface area contributed by atoms with Gasteiger partial charge in [0.2, 0.25) is 5.91 Å². The fourth-order valence-electron chi connectivity index (χ4n) is 2.73. The number of nitrogens with zero attached hydrogens (tertiary/aromatic N) is 2. The van der Waals surface area contributed by atoms with Crippen LogP contribution in [0.4, 0.5) is 26.0 Å². The van der Waals surface area contributed by atoms with Gasteiger partial charge in [0.05, 0.1) is 11.4 Å². The first-order valence-electron chi connectivity index (χ1n) is 8.47. The number of nitrogens with one attached hydrogen (secondary N) is 3. The Kier molecular flexibility index (Phi) is 5.19. The summed E-state index contributed by atoms with van der Waals surface area (Å²) in [5, 5.41) is 5.72. The van der Waals surface area contributed by atoms with Gasteiger partial charge in [0, 0.05) is 21.9 Å². The molecule has 1 fully saturated rings. The molecular formula is C17H13ClF2N5O3S-. The van der Waals surface area contributed by atoms with Crippen molar-refractivity contribution in [1.29, 1.82) is 0 Å². The first kappa shape index (κ1) is 19.7. The van der Waals surface area contributed by atoms with Crippen molar-refractivity contribution in [2.75, 3.05) is 10.6 Å². The Morgan fingerprint density at radius 3 is 2.69 bits per heavy atom. The quantitative estimate of drug-likeness (QED) is 0.500. The molecule has 29 heavy (non-hydrogen) atoms. The highest BCUT2D eigenvalue weighted by Gasteiger charge is 2.30. The molecule has 1 amide bonds. The Balaban J connectivity index is 1.78. The Labute approximate surface area is 170 Å². The fourth-order valence-corrected chi connectivity index (χ4v) is 3.49. The maximum Gasteiger partial charge on any atom is 0.295 e. The summed E-state index contributed by atoms with van der Waals surface area (Å²) in [7, 11) is 0. The lowest BCUT2D eigenvalue weighted by atomic mass is 10.2. The highest BCUT2D eigenvalue weighted by Crippen LogP contribution is 2.34. The minimum absolute atomic E-state index is 0.0462. The molecule has 8 nitrogen and oxygen atoms in total. The minimum Gasteiger partial charge on any atom is -0.768 e. The second kappa shape index (κ2) is 7.65. The highest BCUT2D eigenvalue weighted by molar-refractivity contribution is 7.79. The zero-order chi connectivity index (χ0) is 20.7. The molecule has 4 rings (SSSR count). The first-order valence-corrected chi connectivity index (χ1v) is 9.92. The number of fused-ring (bicyclic) bond motifs is 1. The molecule has 1 aliphatic carbocycles. The number of amides is 1. The van der Waals surface area contributed by atoms with Crippen molar-refractivity contribution < 1.29 is 22.3 Å². The van der Waals surface area contributed by atoms with Crippen molar-refractivity contribution >= 4 is 56.9 Å². The molecule has 1 aromatic carbocycles. The predicted molar refractivity (Wildman–Crippen MR) is 102 cm³/mol. The molecule has 0 spiro atoms. The van der Waals surface area contributed by atoms with E-state index < -0.39 is 23.3 Å². The van der Waals surface area contributed by atoms with Gasteiger partial charge in [0.25, 0.3) is 6.43 Å². The molecular weight excluding hydrogens is 428 g/mol. The number of imidazole rings is 1. The molecule has 0 bridgehead atoms. The molecule has 2 aromatic heterocycles. The zero-order valence-electron chi connectivity index (χ0n) is 14.5. The van der Waals surface area contributed by atoms with Crippen LogP contribution in [-0.4, -0.2) is 29.6 Å². The third-order valence-electron chi connectivity index (χ3n) is 4.28. The number of anilines is 3. The summed E-state index contributed by atoms with van der Waals surface area (Å²) < 4.78 is 49.2. The summed E-state index contributed by atoms with van der Waals surface area (Å²) in [6, 6.07) is 5.58. The molecule has 152 valence electrons. The SMILES string of the molecule is O=C(Nc1cc(Nc2ccc(Cl)cc2S(=O)[O-])c2[nH]c(C(F)F)nc2n1)C1CC1. The van der Waals surface area contributed by atoms with E-state index in [-0.39, 0.29) is 50.1 Å². The average Bonchev–Trinajstić information content (AvgIpc) is 3.42. The van der Waals surface area contributed by atoms with Gasteiger partial charge in [0.1, 0.15) is 11.3 Å². The van der Waals surface area contributed by atoms with E-state index in [0.29, 0.717) is 0 Å². The standard InChI is InChI=1S/C17H14ClF2N5O3S/c18-8-3-4-9(11(5-8)29(27)28)21-10-6-12(23-17(26)7-1-2-7)22-15-13(10)24-16(25-15)14(19)20/h3-7,14H,1-2H2,(H,27,28)(H3,21,22,23,24,25,26)/p-1. The molecule has 0 aliphatic heterocycles. The molecule has 3 N–H and O–H groups in total. The van der Waals surface area contributed by atoms with Crippen molar-refractivity contribution in [3.63, 3.8) is 0 Å². The second-order valence-electron chi connectivity index (χ2n) is 6.44. The lowest BCUT2D eigenvalue weighted by Crippen LogP contribution is -2.14. The first-order chi connectivity index (χ1) is 13.8. The van der Waals surface area contributed by atoms with E-state index in [1.807, 2.05) is 0 Å². The van der Waals surface area contributed by atoms with Crippen LogP contribution in [0.5, 0.6) is 0 Å². The summed E-state index contributed by atoms with van der Waals surface area (Å²) in [6.07, 6.45) is -1.30. The number of alkyl halides is 2. The summed E-state index contributed by atoms with van der Waals surface area (Å²) in [5.74, 6) is -0.793. The molecule has 3 aromatic rings. The topological polar surface area (TPSA) is 123 Å². The van der Waals surface area contributed by atoms with Crippen molar-refractivity contribution in [3.05, 3.63) is 35.1 Å². The van der Waals surface area contributed by atoms with Crippen molar-refractivity contribution in [2.24, 2.45) is 5.92 Å². The molecule has 0 radical (unpaired) electrons. The van der Waals surface area contributed by atoms with E-state index >= 15 is 0 Å². The van der Waals surface area contributed by atoms with Crippen LogP contribution in [0.15, 0.2) is 29.2 Å². The normalized spacial score (nSPS) is 14.9. The number of halogens is 3. The van der Waals surface area contributed by atoms with Crippen LogP contribution in [-0.2, 0) is 15.9 Å². The maximum absolute atomic E-state index is 13.1. The number of aromatic amines is 1. The number of rotatable bonds is 6. The van der Waals surface area contributed by atoms with E-state index in [1.165, 1.54) is 24.3 Å². The third-order valence-corrected chi connectivity index (χ3v) is 5.21. The molecule has 12 heteroatoms. The minimum atomic E-state index is -2.86. The summed E-state index contributed by atoms with van der Waals surface area (Å²) >= 11 is 3.26.